The maximum atomic E-state index is 11.6. The van der Waals surface area contributed by atoms with Crippen LogP contribution in [0.2, 0.25) is 0 Å². The van der Waals surface area contributed by atoms with E-state index in [1.54, 1.807) is 0 Å². The van der Waals surface area contributed by atoms with Gasteiger partial charge in [0.05, 0.1) is 23.2 Å². The Labute approximate surface area is 91.3 Å². The van der Waals surface area contributed by atoms with E-state index in [-0.39, 0.29) is 11.9 Å². The number of ether oxygens (including phenoxy) is 1. The van der Waals surface area contributed by atoms with Gasteiger partial charge in [0.2, 0.25) is 0 Å². The summed E-state index contributed by atoms with van der Waals surface area (Å²) in [6.07, 6.45) is 1.67. The molecule has 3 unspecified atom stereocenters. The van der Waals surface area contributed by atoms with E-state index in [1.807, 2.05) is 6.92 Å². The van der Waals surface area contributed by atoms with Crippen molar-refractivity contribution in [3.05, 3.63) is 0 Å². The molecule has 3 atom stereocenters. The zero-order valence-electron chi connectivity index (χ0n) is 9.32. The Bertz CT molecular complexity index is 341. The lowest BCUT2D eigenvalue weighted by Gasteiger charge is -2.45. The molecule has 0 saturated carbocycles. The molecule has 88 valence electrons. The fraction of sp³-hybridized carbons (Fsp3) is 1.00. The molecule has 0 radical (unpaired) electrons. The van der Waals surface area contributed by atoms with Crippen molar-refractivity contribution in [2.24, 2.45) is 0 Å². The van der Waals surface area contributed by atoms with E-state index >= 15 is 0 Å². The largest absolute Gasteiger partial charge is 0.368 e. The van der Waals surface area contributed by atoms with Gasteiger partial charge in [-0.1, -0.05) is 0 Å². The van der Waals surface area contributed by atoms with Crippen molar-refractivity contribution >= 4 is 9.84 Å². The summed E-state index contributed by atoms with van der Waals surface area (Å²) in [4.78, 5) is 0. The monoisotopic (exact) mass is 233 g/mol. The summed E-state index contributed by atoms with van der Waals surface area (Å²) < 4.78 is 29.1. The normalized spacial score (nSPS) is 45.5. The lowest BCUT2D eigenvalue weighted by atomic mass is 9.95. The molecular weight excluding hydrogens is 214 g/mol. The second-order valence-electron chi connectivity index (χ2n) is 4.87. The van der Waals surface area contributed by atoms with Crippen molar-refractivity contribution < 1.29 is 13.2 Å². The average molecular weight is 233 g/mol. The van der Waals surface area contributed by atoms with E-state index in [9.17, 15) is 8.42 Å². The third-order valence-corrected chi connectivity index (χ3v) is 5.33. The third-order valence-electron chi connectivity index (χ3n) is 3.46. The number of morpholine rings is 1. The van der Waals surface area contributed by atoms with Crippen molar-refractivity contribution in [3.63, 3.8) is 0 Å². The van der Waals surface area contributed by atoms with Gasteiger partial charge >= 0.3 is 0 Å². The Kier molecular flexibility index (Phi) is 2.81. The third kappa shape index (κ3) is 2.34. The molecule has 0 amide bonds. The first-order valence-electron chi connectivity index (χ1n) is 5.54. The number of hydrogen-bond acceptors (Lipinski definition) is 4. The molecule has 2 heterocycles. The van der Waals surface area contributed by atoms with Crippen LogP contribution in [-0.2, 0) is 14.6 Å². The smallest absolute Gasteiger partial charge is 0.153 e. The second-order valence-corrected chi connectivity index (χ2v) is 7.06. The highest BCUT2D eigenvalue weighted by atomic mass is 32.2. The topological polar surface area (TPSA) is 55.4 Å². The quantitative estimate of drug-likeness (QED) is 0.655. The van der Waals surface area contributed by atoms with E-state index in [0.717, 1.165) is 12.8 Å². The molecule has 5 heteroatoms. The van der Waals surface area contributed by atoms with E-state index in [1.165, 1.54) is 0 Å². The molecule has 15 heavy (non-hydrogen) atoms. The van der Waals surface area contributed by atoms with Gasteiger partial charge < -0.3 is 10.1 Å². The summed E-state index contributed by atoms with van der Waals surface area (Å²) in [6, 6.07) is 0.306. The van der Waals surface area contributed by atoms with Gasteiger partial charge in [-0.3, -0.25) is 0 Å². The minimum Gasteiger partial charge on any atom is -0.368 e. The van der Waals surface area contributed by atoms with Crippen LogP contribution in [0.3, 0.4) is 0 Å². The van der Waals surface area contributed by atoms with Gasteiger partial charge in [0.25, 0.3) is 0 Å². The van der Waals surface area contributed by atoms with Crippen molar-refractivity contribution in [1.29, 1.82) is 0 Å². The van der Waals surface area contributed by atoms with Gasteiger partial charge in [0, 0.05) is 12.6 Å². The van der Waals surface area contributed by atoms with Gasteiger partial charge in [-0.05, 0) is 26.7 Å². The van der Waals surface area contributed by atoms with Crippen molar-refractivity contribution in [1.82, 2.24) is 5.32 Å². The molecule has 2 saturated heterocycles. The van der Waals surface area contributed by atoms with Gasteiger partial charge in [-0.15, -0.1) is 0 Å². The van der Waals surface area contributed by atoms with Gasteiger partial charge in [0.1, 0.15) is 0 Å². The summed E-state index contributed by atoms with van der Waals surface area (Å²) in [7, 11) is -2.90. The molecule has 1 spiro atoms. The molecule has 2 rings (SSSR count). The van der Waals surface area contributed by atoms with E-state index in [0.29, 0.717) is 18.3 Å². The van der Waals surface area contributed by atoms with Crippen molar-refractivity contribution in [3.8, 4) is 0 Å². The molecule has 2 aliphatic heterocycles. The molecule has 0 aliphatic carbocycles. The Morgan fingerprint density at radius 1 is 1.40 bits per heavy atom. The number of sulfone groups is 1. The van der Waals surface area contributed by atoms with Crippen LogP contribution in [0.15, 0.2) is 0 Å². The highest BCUT2D eigenvalue weighted by molar-refractivity contribution is 7.91. The molecule has 0 aromatic carbocycles. The minimum absolute atomic E-state index is 0.0899. The second kappa shape index (κ2) is 3.71. The van der Waals surface area contributed by atoms with Crippen LogP contribution >= 0.6 is 0 Å². The summed E-state index contributed by atoms with van der Waals surface area (Å²) in [5.41, 5.74) is -0.455. The van der Waals surface area contributed by atoms with Crippen LogP contribution in [-0.4, -0.2) is 44.2 Å². The zero-order valence-corrected chi connectivity index (χ0v) is 10.1. The van der Waals surface area contributed by atoms with Crippen LogP contribution in [0, 0.1) is 0 Å². The molecule has 2 fully saturated rings. The van der Waals surface area contributed by atoms with Crippen LogP contribution in [0.25, 0.3) is 0 Å². The molecule has 0 aromatic rings. The first-order chi connectivity index (χ1) is 6.93. The first-order valence-corrected chi connectivity index (χ1v) is 7.36. The fourth-order valence-electron chi connectivity index (χ4n) is 2.44. The summed E-state index contributed by atoms with van der Waals surface area (Å²) >= 11 is 0. The highest BCUT2D eigenvalue weighted by Crippen LogP contribution is 2.30. The van der Waals surface area contributed by atoms with Crippen LogP contribution < -0.4 is 5.32 Å². The molecule has 0 aromatic heterocycles. The lowest BCUT2D eigenvalue weighted by Crippen LogP contribution is -2.61. The van der Waals surface area contributed by atoms with Crippen LogP contribution in [0.1, 0.15) is 26.7 Å². The molecular formula is C10H19NO3S. The zero-order chi connectivity index (χ0) is 11.1. The number of hydrogen-bond donors (Lipinski definition) is 1. The summed E-state index contributed by atoms with van der Waals surface area (Å²) in [5.74, 6) is 0.506. The summed E-state index contributed by atoms with van der Waals surface area (Å²) in [5, 5.41) is 3.34. The average Bonchev–Trinajstić information content (AvgIpc) is 2.10. The Balaban J connectivity index is 2.14. The van der Waals surface area contributed by atoms with Crippen molar-refractivity contribution in [2.45, 2.75) is 44.4 Å². The molecule has 0 bridgehead atoms. The standard InChI is InChI=1S/C10H19NO3S/c1-8-9(2)14-10(6-11-8)4-3-5-15(12,13)7-10/h8-9,11H,3-7H2,1-2H3. The SMILES string of the molecule is CC1NCC2(CCCS(=O)(=O)C2)OC1C. The molecule has 2 aliphatic rings. The maximum Gasteiger partial charge on any atom is 0.153 e. The minimum atomic E-state index is -2.90. The highest BCUT2D eigenvalue weighted by Gasteiger charge is 2.44. The van der Waals surface area contributed by atoms with E-state index in [2.05, 4.69) is 12.2 Å². The predicted molar refractivity (Wildman–Crippen MR) is 58.6 cm³/mol. The molecule has 4 nitrogen and oxygen atoms in total. The predicted octanol–water partition coefficient (Wildman–Crippen LogP) is 0.331. The Morgan fingerprint density at radius 2 is 2.13 bits per heavy atom. The Morgan fingerprint density at radius 3 is 2.73 bits per heavy atom. The number of nitrogens with one attached hydrogen (secondary N) is 1. The van der Waals surface area contributed by atoms with Gasteiger partial charge in [-0.25, -0.2) is 8.42 Å². The summed E-state index contributed by atoms with van der Waals surface area (Å²) in [6.45, 7) is 4.73. The van der Waals surface area contributed by atoms with Crippen LogP contribution in [0.5, 0.6) is 0 Å². The van der Waals surface area contributed by atoms with E-state index < -0.39 is 15.4 Å². The molecule has 1 N–H and O–H groups in total. The van der Waals surface area contributed by atoms with E-state index in [4.69, 9.17) is 4.74 Å². The van der Waals surface area contributed by atoms with Crippen LogP contribution in [0.4, 0.5) is 0 Å². The lowest BCUT2D eigenvalue weighted by molar-refractivity contribution is -0.118. The van der Waals surface area contributed by atoms with Gasteiger partial charge in [-0.2, -0.15) is 0 Å². The van der Waals surface area contributed by atoms with Gasteiger partial charge in [0.15, 0.2) is 9.84 Å². The first kappa shape index (κ1) is 11.4. The van der Waals surface area contributed by atoms with Crippen molar-refractivity contribution in [2.75, 3.05) is 18.1 Å². The fourth-order valence-corrected chi connectivity index (χ4v) is 4.29. The Hall–Kier alpha value is -0.130. The maximum absolute atomic E-state index is 11.6. The number of rotatable bonds is 0.